The van der Waals surface area contributed by atoms with Gasteiger partial charge in [-0.1, -0.05) is 38.3 Å². The number of rotatable bonds is 7. The van der Waals surface area contributed by atoms with Gasteiger partial charge in [-0.3, -0.25) is 0 Å². The Labute approximate surface area is 122 Å². The Hall–Kier alpha value is -1.06. The molecule has 2 rings (SSSR count). The summed E-state index contributed by atoms with van der Waals surface area (Å²) in [6, 6.07) is 8.34. The topological polar surface area (TPSA) is 41.5 Å². The normalized spacial score (nSPS) is 17.9. The highest BCUT2D eigenvalue weighted by molar-refractivity contribution is 5.45. The molecule has 0 bridgehead atoms. The van der Waals surface area contributed by atoms with Gasteiger partial charge in [-0.05, 0) is 37.0 Å². The maximum atomic E-state index is 9.98. The first-order valence-electron chi connectivity index (χ1n) is 7.90. The van der Waals surface area contributed by atoms with Crippen LogP contribution in [0.2, 0.25) is 0 Å². The van der Waals surface area contributed by atoms with Gasteiger partial charge in [-0.25, -0.2) is 0 Å². The molecule has 1 aromatic rings. The molecule has 0 amide bonds. The molecule has 1 saturated carbocycles. The van der Waals surface area contributed by atoms with E-state index in [-0.39, 0.29) is 0 Å². The molecular weight excluding hydrogens is 250 g/mol. The van der Waals surface area contributed by atoms with E-state index in [0.29, 0.717) is 19.3 Å². The van der Waals surface area contributed by atoms with Crippen LogP contribution in [0.4, 0.5) is 5.69 Å². The van der Waals surface area contributed by atoms with Crippen molar-refractivity contribution in [2.75, 3.05) is 18.5 Å². The molecule has 0 aliphatic heterocycles. The minimum absolute atomic E-state index is 0.363. The third-order valence-electron chi connectivity index (χ3n) is 3.95. The quantitative estimate of drug-likeness (QED) is 0.803. The van der Waals surface area contributed by atoms with Gasteiger partial charge in [-0.2, -0.15) is 0 Å². The van der Waals surface area contributed by atoms with Crippen molar-refractivity contribution in [2.45, 2.75) is 57.7 Å². The summed E-state index contributed by atoms with van der Waals surface area (Å²) >= 11 is 0. The first-order chi connectivity index (χ1) is 9.78. The molecule has 0 aromatic heterocycles. The Morgan fingerprint density at radius 2 is 2.10 bits per heavy atom. The predicted octanol–water partition coefficient (Wildman–Crippen LogP) is 3.37. The standard InChI is InChI=1S/C17H27NO2/c1-2-14-7-6-8-15(11-14)18-12-16(19)13-20-17-9-4-3-5-10-17/h6-8,11,16-19H,2-5,9-10,12-13H2,1H3. The Kier molecular flexibility index (Phi) is 6.34. The fourth-order valence-corrected chi connectivity index (χ4v) is 2.67. The summed E-state index contributed by atoms with van der Waals surface area (Å²) in [7, 11) is 0. The molecule has 1 aliphatic rings. The summed E-state index contributed by atoms with van der Waals surface area (Å²) in [6.45, 7) is 3.12. The maximum absolute atomic E-state index is 9.98. The second-order valence-electron chi connectivity index (χ2n) is 5.68. The van der Waals surface area contributed by atoms with E-state index in [0.717, 1.165) is 24.9 Å². The molecule has 2 N–H and O–H groups in total. The molecule has 0 saturated heterocycles. The van der Waals surface area contributed by atoms with Crippen molar-refractivity contribution in [1.82, 2.24) is 0 Å². The van der Waals surface area contributed by atoms with Gasteiger partial charge in [0, 0.05) is 12.2 Å². The number of aliphatic hydroxyl groups is 1. The monoisotopic (exact) mass is 277 g/mol. The van der Waals surface area contributed by atoms with Gasteiger partial charge < -0.3 is 15.2 Å². The smallest absolute Gasteiger partial charge is 0.0945 e. The molecule has 0 radical (unpaired) electrons. The number of hydrogen-bond acceptors (Lipinski definition) is 3. The number of benzene rings is 1. The molecule has 1 aromatic carbocycles. The van der Waals surface area contributed by atoms with Crippen molar-refractivity contribution in [3.63, 3.8) is 0 Å². The van der Waals surface area contributed by atoms with Crippen LogP contribution < -0.4 is 5.32 Å². The van der Waals surface area contributed by atoms with E-state index in [1.54, 1.807) is 0 Å². The Morgan fingerprint density at radius 1 is 1.30 bits per heavy atom. The van der Waals surface area contributed by atoms with Crippen LogP contribution in [0, 0.1) is 0 Å². The predicted molar refractivity (Wildman–Crippen MR) is 83.1 cm³/mol. The number of aliphatic hydroxyl groups excluding tert-OH is 1. The van der Waals surface area contributed by atoms with Gasteiger partial charge in [-0.15, -0.1) is 0 Å². The lowest BCUT2D eigenvalue weighted by molar-refractivity contribution is -0.0195. The van der Waals surface area contributed by atoms with E-state index >= 15 is 0 Å². The number of hydrogen-bond donors (Lipinski definition) is 2. The van der Waals surface area contributed by atoms with Crippen molar-refractivity contribution >= 4 is 5.69 Å². The van der Waals surface area contributed by atoms with Gasteiger partial charge in [0.25, 0.3) is 0 Å². The third kappa shape index (κ3) is 5.14. The van der Waals surface area contributed by atoms with Gasteiger partial charge in [0.1, 0.15) is 0 Å². The fourth-order valence-electron chi connectivity index (χ4n) is 2.67. The number of aryl methyl sites for hydroxylation is 1. The van der Waals surface area contributed by atoms with Crippen molar-refractivity contribution in [1.29, 1.82) is 0 Å². The fraction of sp³-hybridized carbons (Fsp3) is 0.647. The van der Waals surface area contributed by atoms with E-state index in [9.17, 15) is 5.11 Å². The van der Waals surface area contributed by atoms with Crippen LogP contribution >= 0.6 is 0 Å². The summed E-state index contributed by atoms with van der Waals surface area (Å²) in [5, 5.41) is 13.3. The van der Waals surface area contributed by atoms with Crippen LogP contribution in [-0.2, 0) is 11.2 Å². The molecule has 1 unspecified atom stereocenters. The van der Waals surface area contributed by atoms with E-state index in [1.165, 1.54) is 24.8 Å². The Balaban J connectivity index is 1.67. The molecule has 3 nitrogen and oxygen atoms in total. The zero-order valence-corrected chi connectivity index (χ0v) is 12.5. The Bertz CT molecular complexity index is 388. The second kappa shape index (κ2) is 8.28. The van der Waals surface area contributed by atoms with E-state index in [2.05, 4.69) is 24.4 Å². The zero-order chi connectivity index (χ0) is 14.2. The highest BCUT2D eigenvalue weighted by Gasteiger charge is 2.15. The second-order valence-corrected chi connectivity index (χ2v) is 5.68. The van der Waals surface area contributed by atoms with Crippen LogP contribution in [0.3, 0.4) is 0 Å². The summed E-state index contributed by atoms with van der Waals surface area (Å²) in [6.07, 6.45) is 7.12. The van der Waals surface area contributed by atoms with Crippen LogP contribution in [0.15, 0.2) is 24.3 Å². The van der Waals surface area contributed by atoms with E-state index in [4.69, 9.17) is 4.74 Å². The van der Waals surface area contributed by atoms with Crippen molar-refractivity contribution in [2.24, 2.45) is 0 Å². The van der Waals surface area contributed by atoms with E-state index < -0.39 is 6.10 Å². The first kappa shape index (κ1) is 15.3. The molecule has 1 atom stereocenters. The van der Waals surface area contributed by atoms with Crippen LogP contribution in [0.25, 0.3) is 0 Å². The van der Waals surface area contributed by atoms with Crippen molar-refractivity contribution in [3.8, 4) is 0 Å². The summed E-state index contributed by atoms with van der Waals surface area (Å²) in [5.74, 6) is 0. The van der Waals surface area contributed by atoms with Crippen LogP contribution in [0.1, 0.15) is 44.6 Å². The Morgan fingerprint density at radius 3 is 2.85 bits per heavy atom. The van der Waals surface area contributed by atoms with Gasteiger partial charge in [0.15, 0.2) is 0 Å². The van der Waals surface area contributed by atoms with E-state index in [1.807, 2.05) is 12.1 Å². The number of anilines is 1. The van der Waals surface area contributed by atoms with Gasteiger partial charge in [0.05, 0.1) is 18.8 Å². The van der Waals surface area contributed by atoms with Gasteiger partial charge in [0.2, 0.25) is 0 Å². The lowest BCUT2D eigenvalue weighted by Gasteiger charge is -2.23. The van der Waals surface area contributed by atoms with Crippen molar-refractivity contribution < 1.29 is 9.84 Å². The summed E-state index contributed by atoms with van der Waals surface area (Å²) in [4.78, 5) is 0. The molecule has 3 heteroatoms. The largest absolute Gasteiger partial charge is 0.389 e. The lowest BCUT2D eigenvalue weighted by Crippen LogP contribution is -2.28. The third-order valence-corrected chi connectivity index (χ3v) is 3.95. The van der Waals surface area contributed by atoms with Crippen LogP contribution in [-0.4, -0.2) is 30.5 Å². The lowest BCUT2D eigenvalue weighted by atomic mass is 9.98. The molecule has 112 valence electrons. The number of ether oxygens (including phenoxy) is 1. The minimum Gasteiger partial charge on any atom is -0.389 e. The maximum Gasteiger partial charge on any atom is 0.0945 e. The van der Waals surface area contributed by atoms with Crippen LogP contribution in [0.5, 0.6) is 0 Å². The SMILES string of the molecule is CCc1cccc(NCC(O)COC2CCCCC2)c1. The van der Waals surface area contributed by atoms with Crippen molar-refractivity contribution in [3.05, 3.63) is 29.8 Å². The molecule has 20 heavy (non-hydrogen) atoms. The number of nitrogens with one attached hydrogen (secondary N) is 1. The molecular formula is C17H27NO2. The van der Waals surface area contributed by atoms with Gasteiger partial charge >= 0.3 is 0 Å². The molecule has 0 heterocycles. The molecule has 0 spiro atoms. The highest BCUT2D eigenvalue weighted by Crippen LogP contribution is 2.20. The molecule has 1 fully saturated rings. The summed E-state index contributed by atoms with van der Waals surface area (Å²) < 4.78 is 5.79. The molecule has 1 aliphatic carbocycles. The minimum atomic E-state index is -0.442. The average molecular weight is 277 g/mol. The highest BCUT2D eigenvalue weighted by atomic mass is 16.5. The summed E-state index contributed by atoms with van der Waals surface area (Å²) in [5.41, 5.74) is 2.38. The zero-order valence-electron chi connectivity index (χ0n) is 12.5. The average Bonchev–Trinajstić information content (AvgIpc) is 2.52. The first-order valence-corrected chi connectivity index (χ1v) is 7.90.